The van der Waals surface area contributed by atoms with Crippen LogP contribution in [-0.4, -0.2) is 57.4 Å². The van der Waals surface area contributed by atoms with Gasteiger partial charge in [0.25, 0.3) is 0 Å². The number of aromatic nitrogens is 3. The topological polar surface area (TPSA) is 54.3 Å². The first-order valence-electron chi connectivity index (χ1n) is 8.54. The van der Waals surface area contributed by atoms with Gasteiger partial charge in [-0.3, -0.25) is 9.36 Å². The van der Waals surface area contributed by atoms with Crippen molar-refractivity contribution in [2.45, 2.75) is 32.2 Å². The van der Waals surface area contributed by atoms with Crippen LogP contribution in [0.2, 0.25) is 0 Å². The van der Waals surface area contributed by atoms with Crippen LogP contribution in [0.3, 0.4) is 0 Å². The molecule has 3 heterocycles. The molecule has 128 valence electrons. The van der Waals surface area contributed by atoms with Crippen LogP contribution in [0.25, 0.3) is 5.82 Å². The Morgan fingerprint density at radius 1 is 1.38 bits per heavy atom. The summed E-state index contributed by atoms with van der Waals surface area (Å²) in [6, 6.07) is 6.11. The lowest BCUT2D eigenvalue weighted by atomic mass is 10.1. The molecule has 0 radical (unpaired) electrons. The number of aryl methyl sites for hydroxylation is 1. The molecule has 0 saturated carbocycles. The fraction of sp³-hybridized carbons (Fsp3) is 0.500. The van der Waals surface area contributed by atoms with Crippen molar-refractivity contribution in [1.82, 2.24) is 24.3 Å². The summed E-state index contributed by atoms with van der Waals surface area (Å²) in [5, 5.41) is 0. The van der Waals surface area contributed by atoms with E-state index in [0.29, 0.717) is 6.54 Å². The molecule has 2 aromatic heterocycles. The van der Waals surface area contributed by atoms with Crippen molar-refractivity contribution in [2.75, 3.05) is 27.2 Å². The van der Waals surface area contributed by atoms with Gasteiger partial charge in [-0.05, 0) is 39.1 Å². The predicted molar refractivity (Wildman–Crippen MR) is 93.0 cm³/mol. The van der Waals surface area contributed by atoms with Gasteiger partial charge >= 0.3 is 0 Å². The number of likely N-dealkylation sites (N-methyl/N-ethyl adjacent to an activating group) is 1. The molecule has 6 nitrogen and oxygen atoms in total. The minimum atomic E-state index is 0.0750. The van der Waals surface area contributed by atoms with Gasteiger partial charge in [-0.1, -0.05) is 13.0 Å². The maximum absolute atomic E-state index is 12.5. The van der Waals surface area contributed by atoms with Gasteiger partial charge in [0.05, 0.1) is 18.3 Å². The van der Waals surface area contributed by atoms with Gasteiger partial charge in [0.2, 0.25) is 5.91 Å². The molecule has 3 rings (SSSR count). The fourth-order valence-electron chi connectivity index (χ4n) is 3.30. The van der Waals surface area contributed by atoms with E-state index in [0.717, 1.165) is 43.1 Å². The highest BCUT2D eigenvalue weighted by molar-refractivity contribution is 5.79. The normalized spacial score (nSPS) is 17.7. The molecule has 1 aliphatic rings. The van der Waals surface area contributed by atoms with Gasteiger partial charge in [0.15, 0.2) is 0 Å². The first-order chi connectivity index (χ1) is 11.6. The second kappa shape index (κ2) is 7.13. The Hall–Kier alpha value is -2.21. The molecule has 0 spiro atoms. The predicted octanol–water partition coefficient (Wildman–Crippen LogP) is 2.05. The van der Waals surface area contributed by atoms with E-state index in [2.05, 4.69) is 11.9 Å². The Kier molecular flexibility index (Phi) is 4.94. The molecular formula is C18H25N5O. The Morgan fingerprint density at radius 3 is 2.96 bits per heavy atom. The summed E-state index contributed by atoms with van der Waals surface area (Å²) < 4.78 is 2.02. The number of likely N-dealkylation sites (tertiary alicyclic amines) is 1. The highest BCUT2D eigenvalue weighted by atomic mass is 16.2. The SMILES string of the molecule is CCc1nccn1-c1cccc([C@H]2CCCN2C(=O)CN(C)C)n1. The van der Waals surface area contributed by atoms with Gasteiger partial charge in [-0.15, -0.1) is 0 Å². The molecule has 6 heteroatoms. The average Bonchev–Trinajstić information content (AvgIpc) is 3.23. The van der Waals surface area contributed by atoms with E-state index in [1.54, 1.807) is 6.20 Å². The zero-order valence-corrected chi connectivity index (χ0v) is 14.6. The van der Waals surface area contributed by atoms with Crippen LogP contribution in [0.15, 0.2) is 30.6 Å². The number of amides is 1. The van der Waals surface area contributed by atoms with Crippen LogP contribution in [0.4, 0.5) is 0 Å². The van der Waals surface area contributed by atoms with Crippen LogP contribution in [0.5, 0.6) is 0 Å². The van der Waals surface area contributed by atoms with E-state index in [4.69, 9.17) is 4.98 Å². The molecule has 1 amide bonds. The summed E-state index contributed by atoms with van der Waals surface area (Å²) in [4.78, 5) is 25.6. The van der Waals surface area contributed by atoms with Gasteiger partial charge in [0, 0.05) is 25.4 Å². The van der Waals surface area contributed by atoms with Crippen molar-refractivity contribution < 1.29 is 4.79 Å². The first-order valence-corrected chi connectivity index (χ1v) is 8.54. The second-order valence-electron chi connectivity index (χ2n) is 6.47. The third kappa shape index (κ3) is 3.33. The zero-order chi connectivity index (χ0) is 17.1. The van der Waals surface area contributed by atoms with E-state index in [9.17, 15) is 4.79 Å². The summed E-state index contributed by atoms with van der Waals surface area (Å²) in [5.41, 5.74) is 0.966. The zero-order valence-electron chi connectivity index (χ0n) is 14.6. The number of carbonyl (C=O) groups is 1. The molecule has 2 aromatic rings. The Labute approximate surface area is 143 Å². The van der Waals surface area contributed by atoms with Gasteiger partial charge < -0.3 is 9.80 Å². The molecule has 24 heavy (non-hydrogen) atoms. The summed E-state index contributed by atoms with van der Waals surface area (Å²) in [5.74, 6) is 2.03. The van der Waals surface area contributed by atoms with E-state index >= 15 is 0 Å². The van der Waals surface area contributed by atoms with Crippen molar-refractivity contribution in [3.63, 3.8) is 0 Å². The number of pyridine rings is 1. The molecule has 0 aromatic carbocycles. The minimum absolute atomic E-state index is 0.0750. The highest BCUT2D eigenvalue weighted by Crippen LogP contribution is 2.31. The number of nitrogens with zero attached hydrogens (tertiary/aromatic N) is 5. The Balaban J connectivity index is 1.87. The van der Waals surface area contributed by atoms with E-state index in [1.807, 2.05) is 52.9 Å². The third-order valence-corrected chi connectivity index (χ3v) is 4.40. The van der Waals surface area contributed by atoms with Crippen molar-refractivity contribution >= 4 is 5.91 Å². The average molecular weight is 327 g/mol. The summed E-state index contributed by atoms with van der Waals surface area (Å²) in [6.07, 6.45) is 6.60. The van der Waals surface area contributed by atoms with Gasteiger partial charge in [-0.2, -0.15) is 0 Å². The van der Waals surface area contributed by atoms with Crippen LogP contribution >= 0.6 is 0 Å². The molecule has 0 aliphatic carbocycles. The summed E-state index contributed by atoms with van der Waals surface area (Å²) in [7, 11) is 3.85. The van der Waals surface area contributed by atoms with Gasteiger partial charge in [-0.25, -0.2) is 9.97 Å². The maximum atomic E-state index is 12.5. The number of carbonyl (C=O) groups excluding carboxylic acids is 1. The number of hydrogen-bond acceptors (Lipinski definition) is 4. The lowest BCUT2D eigenvalue weighted by molar-refractivity contribution is -0.132. The van der Waals surface area contributed by atoms with Crippen molar-refractivity contribution in [1.29, 1.82) is 0 Å². The fourth-order valence-corrected chi connectivity index (χ4v) is 3.30. The smallest absolute Gasteiger partial charge is 0.237 e. The molecule has 1 saturated heterocycles. The number of rotatable bonds is 5. The quantitative estimate of drug-likeness (QED) is 0.843. The third-order valence-electron chi connectivity index (χ3n) is 4.40. The summed E-state index contributed by atoms with van der Waals surface area (Å²) in [6.45, 7) is 3.34. The van der Waals surface area contributed by atoms with Crippen LogP contribution in [0.1, 0.15) is 37.3 Å². The maximum Gasteiger partial charge on any atom is 0.237 e. The van der Waals surface area contributed by atoms with E-state index in [1.165, 1.54) is 0 Å². The first kappa shape index (κ1) is 16.6. The Morgan fingerprint density at radius 2 is 2.21 bits per heavy atom. The van der Waals surface area contributed by atoms with Gasteiger partial charge in [0.1, 0.15) is 11.6 Å². The number of hydrogen-bond donors (Lipinski definition) is 0. The molecular weight excluding hydrogens is 302 g/mol. The van der Waals surface area contributed by atoms with Crippen LogP contribution < -0.4 is 0 Å². The molecule has 0 bridgehead atoms. The van der Waals surface area contributed by atoms with E-state index in [-0.39, 0.29) is 11.9 Å². The van der Waals surface area contributed by atoms with Crippen LogP contribution in [0, 0.1) is 0 Å². The molecule has 0 unspecified atom stereocenters. The lowest BCUT2D eigenvalue weighted by Gasteiger charge is -2.26. The monoisotopic (exact) mass is 327 g/mol. The van der Waals surface area contributed by atoms with Crippen molar-refractivity contribution in [3.05, 3.63) is 42.1 Å². The lowest BCUT2D eigenvalue weighted by Crippen LogP contribution is -2.37. The summed E-state index contributed by atoms with van der Waals surface area (Å²) >= 11 is 0. The highest BCUT2D eigenvalue weighted by Gasteiger charge is 2.31. The molecule has 1 aliphatic heterocycles. The van der Waals surface area contributed by atoms with Crippen LogP contribution in [-0.2, 0) is 11.2 Å². The largest absolute Gasteiger partial charge is 0.333 e. The molecule has 1 atom stereocenters. The van der Waals surface area contributed by atoms with Crippen molar-refractivity contribution in [2.24, 2.45) is 0 Å². The van der Waals surface area contributed by atoms with Crippen molar-refractivity contribution in [3.8, 4) is 5.82 Å². The van der Waals surface area contributed by atoms with E-state index < -0.39 is 0 Å². The Bertz CT molecular complexity index is 709. The standard InChI is InChI=1S/C18H25N5O/c1-4-16-19-10-12-23(16)17-9-5-7-14(20-17)15-8-6-11-22(15)18(24)13-21(2)3/h5,7,9-10,12,15H,4,6,8,11,13H2,1-3H3/t15-/m1/s1. The molecule has 1 fully saturated rings. The minimum Gasteiger partial charge on any atom is -0.333 e. The second-order valence-corrected chi connectivity index (χ2v) is 6.47. The molecule has 0 N–H and O–H groups in total. The number of imidazole rings is 1.